The number of hydrogen-bond acceptors (Lipinski definition) is 5. The fourth-order valence-electron chi connectivity index (χ4n) is 1.22. The number of aryl methyl sites for hydroxylation is 1. The van der Waals surface area contributed by atoms with E-state index in [0.29, 0.717) is 13.0 Å². The molecule has 0 spiro atoms. The number of aromatic nitrogens is 3. The Morgan fingerprint density at radius 1 is 1.47 bits per heavy atom. The van der Waals surface area contributed by atoms with Gasteiger partial charge in [-0.2, -0.15) is 0 Å². The number of aliphatic hydroxyl groups excluding tert-OH is 1. The second-order valence-electron chi connectivity index (χ2n) is 4.80. The van der Waals surface area contributed by atoms with E-state index < -0.39 is 11.6 Å². The van der Waals surface area contributed by atoms with Crippen LogP contribution in [0, 0.1) is 0 Å². The molecule has 1 aromatic heterocycles. The summed E-state index contributed by atoms with van der Waals surface area (Å²) in [5.41, 5.74) is -0.318. The van der Waals surface area contributed by atoms with E-state index in [1.807, 2.05) is 0 Å². The van der Waals surface area contributed by atoms with Gasteiger partial charge in [0.2, 0.25) is 0 Å². The third-order valence-electron chi connectivity index (χ3n) is 1.94. The van der Waals surface area contributed by atoms with Crippen LogP contribution in [0.2, 0.25) is 0 Å². The average Bonchev–Trinajstić information content (AvgIpc) is 2.64. The van der Waals surface area contributed by atoms with E-state index in [1.165, 1.54) is 0 Å². The monoisotopic (exact) mass is 241 g/mol. The Hall–Kier alpha value is -1.43. The largest absolute Gasteiger partial charge is 0.455 e. The van der Waals surface area contributed by atoms with Crippen molar-refractivity contribution in [1.82, 2.24) is 15.0 Å². The number of ether oxygens (including phenoxy) is 1. The number of carbonyl (C=O) groups excluding carboxylic acids is 1. The summed E-state index contributed by atoms with van der Waals surface area (Å²) in [6.45, 7) is 6.20. The molecule has 1 aromatic rings. The van der Waals surface area contributed by atoms with Gasteiger partial charge in [-0.3, -0.25) is 4.68 Å². The van der Waals surface area contributed by atoms with Crippen LogP contribution in [0.15, 0.2) is 6.20 Å². The van der Waals surface area contributed by atoms with Crippen molar-refractivity contribution in [3.8, 4) is 0 Å². The highest BCUT2D eigenvalue weighted by molar-refractivity contribution is 5.86. The Labute approximate surface area is 101 Å². The van der Waals surface area contributed by atoms with Gasteiger partial charge < -0.3 is 9.84 Å². The molecule has 0 aromatic carbocycles. The van der Waals surface area contributed by atoms with Gasteiger partial charge in [-0.25, -0.2) is 4.79 Å². The summed E-state index contributed by atoms with van der Waals surface area (Å²) < 4.78 is 6.75. The lowest BCUT2D eigenvalue weighted by Crippen LogP contribution is -2.24. The predicted molar refractivity (Wildman–Crippen MR) is 61.5 cm³/mol. The zero-order valence-electron chi connectivity index (χ0n) is 10.5. The van der Waals surface area contributed by atoms with Gasteiger partial charge in [-0.05, 0) is 33.6 Å². The van der Waals surface area contributed by atoms with Crippen LogP contribution in [0.1, 0.15) is 44.1 Å². The first kappa shape index (κ1) is 13.6. The molecule has 1 heterocycles. The Morgan fingerprint density at radius 2 is 2.18 bits per heavy atom. The van der Waals surface area contributed by atoms with Gasteiger partial charge in [0, 0.05) is 13.2 Å². The molecule has 0 unspecified atom stereocenters. The fraction of sp³-hybridized carbons (Fsp3) is 0.727. The summed E-state index contributed by atoms with van der Waals surface area (Å²) in [7, 11) is 0. The minimum absolute atomic E-state index is 0.160. The quantitative estimate of drug-likeness (QED) is 0.615. The second-order valence-corrected chi connectivity index (χ2v) is 4.80. The van der Waals surface area contributed by atoms with E-state index in [0.717, 1.165) is 6.42 Å². The maximum atomic E-state index is 11.6. The molecule has 0 aliphatic heterocycles. The summed E-state index contributed by atoms with van der Waals surface area (Å²) in [6.07, 6.45) is 3.07. The van der Waals surface area contributed by atoms with Gasteiger partial charge in [0.25, 0.3) is 0 Å². The van der Waals surface area contributed by atoms with Crippen LogP contribution in [0.25, 0.3) is 0 Å². The molecule has 0 aliphatic rings. The molecule has 0 saturated heterocycles. The molecule has 1 N–H and O–H groups in total. The van der Waals surface area contributed by atoms with Gasteiger partial charge in [0.05, 0.1) is 6.20 Å². The van der Waals surface area contributed by atoms with Crippen LogP contribution in [0.5, 0.6) is 0 Å². The van der Waals surface area contributed by atoms with Gasteiger partial charge in [0.15, 0.2) is 5.69 Å². The van der Waals surface area contributed by atoms with Gasteiger partial charge >= 0.3 is 5.97 Å². The fourth-order valence-corrected chi connectivity index (χ4v) is 1.22. The van der Waals surface area contributed by atoms with Crippen molar-refractivity contribution in [1.29, 1.82) is 0 Å². The molecule has 96 valence electrons. The summed E-state index contributed by atoms with van der Waals surface area (Å²) >= 11 is 0. The lowest BCUT2D eigenvalue weighted by Gasteiger charge is -2.18. The summed E-state index contributed by atoms with van der Waals surface area (Å²) in [4.78, 5) is 11.6. The maximum Gasteiger partial charge on any atom is 0.361 e. The third-order valence-corrected chi connectivity index (χ3v) is 1.94. The van der Waals surface area contributed by atoms with Gasteiger partial charge in [-0.15, -0.1) is 5.10 Å². The van der Waals surface area contributed by atoms with Crippen LogP contribution in [0.4, 0.5) is 0 Å². The number of esters is 1. The molecule has 0 aliphatic carbocycles. The molecule has 0 amide bonds. The molecule has 0 saturated carbocycles. The highest BCUT2D eigenvalue weighted by Gasteiger charge is 2.20. The predicted octanol–water partition coefficient (Wildman–Crippen LogP) is 1.01. The molecular formula is C11H19N3O3. The Balaban J connectivity index is 2.52. The molecule has 0 fully saturated rings. The topological polar surface area (TPSA) is 77.2 Å². The number of hydrogen-bond donors (Lipinski definition) is 1. The van der Waals surface area contributed by atoms with Gasteiger partial charge in [0.1, 0.15) is 5.60 Å². The third kappa shape index (κ3) is 4.95. The number of unbranched alkanes of at least 4 members (excludes halogenated alkanes) is 1. The van der Waals surface area contributed by atoms with Crippen LogP contribution in [0.3, 0.4) is 0 Å². The summed E-state index contributed by atoms with van der Waals surface area (Å²) in [5.74, 6) is -0.467. The molecule has 6 heteroatoms. The summed E-state index contributed by atoms with van der Waals surface area (Å²) in [5, 5.41) is 16.2. The Bertz CT molecular complexity index is 368. The number of nitrogens with zero attached hydrogens (tertiary/aromatic N) is 3. The minimum atomic E-state index is -0.530. The standard InChI is InChI=1S/C11H19N3O3/c1-11(2,3)17-10(16)9-8-14(13-12-9)6-4-5-7-15/h8,15H,4-7H2,1-3H3. The first-order valence-electron chi connectivity index (χ1n) is 5.67. The van der Waals surface area contributed by atoms with E-state index in [2.05, 4.69) is 10.3 Å². The van der Waals surface area contributed by atoms with Crippen molar-refractivity contribution in [3.63, 3.8) is 0 Å². The van der Waals surface area contributed by atoms with E-state index in [9.17, 15) is 4.79 Å². The van der Waals surface area contributed by atoms with Gasteiger partial charge in [-0.1, -0.05) is 5.21 Å². The van der Waals surface area contributed by atoms with Crippen LogP contribution in [-0.4, -0.2) is 38.3 Å². The molecule has 0 bridgehead atoms. The molecule has 17 heavy (non-hydrogen) atoms. The van der Waals surface area contributed by atoms with Crippen LogP contribution >= 0.6 is 0 Å². The molecule has 0 radical (unpaired) electrons. The lowest BCUT2D eigenvalue weighted by atomic mass is 10.2. The number of rotatable bonds is 5. The highest BCUT2D eigenvalue weighted by Crippen LogP contribution is 2.10. The Morgan fingerprint density at radius 3 is 2.76 bits per heavy atom. The van der Waals surface area contributed by atoms with Crippen molar-refractivity contribution < 1.29 is 14.6 Å². The summed E-state index contributed by atoms with van der Waals surface area (Å²) in [6, 6.07) is 0. The van der Waals surface area contributed by atoms with Crippen molar-refractivity contribution in [2.24, 2.45) is 0 Å². The van der Waals surface area contributed by atoms with E-state index in [-0.39, 0.29) is 12.3 Å². The highest BCUT2D eigenvalue weighted by atomic mass is 16.6. The molecule has 1 rings (SSSR count). The SMILES string of the molecule is CC(C)(C)OC(=O)c1cn(CCCCO)nn1. The minimum Gasteiger partial charge on any atom is -0.455 e. The Kier molecular flexibility index (Phi) is 4.62. The molecular weight excluding hydrogens is 222 g/mol. The van der Waals surface area contributed by atoms with Crippen LogP contribution in [-0.2, 0) is 11.3 Å². The zero-order chi connectivity index (χ0) is 12.9. The van der Waals surface area contributed by atoms with E-state index in [4.69, 9.17) is 9.84 Å². The van der Waals surface area contributed by atoms with Crippen LogP contribution < -0.4 is 0 Å². The average molecular weight is 241 g/mol. The van der Waals surface area contributed by atoms with E-state index in [1.54, 1.807) is 31.6 Å². The molecule has 6 nitrogen and oxygen atoms in total. The number of carbonyl (C=O) groups is 1. The zero-order valence-corrected chi connectivity index (χ0v) is 10.5. The normalized spacial score (nSPS) is 11.5. The van der Waals surface area contributed by atoms with Crippen molar-refractivity contribution >= 4 is 5.97 Å². The molecule has 0 atom stereocenters. The van der Waals surface area contributed by atoms with Crippen molar-refractivity contribution in [2.75, 3.05) is 6.61 Å². The smallest absolute Gasteiger partial charge is 0.361 e. The van der Waals surface area contributed by atoms with Crippen molar-refractivity contribution in [2.45, 2.75) is 45.8 Å². The first-order valence-corrected chi connectivity index (χ1v) is 5.67. The first-order chi connectivity index (χ1) is 7.92. The van der Waals surface area contributed by atoms with Crippen molar-refractivity contribution in [3.05, 3.63) is 11.9 Å². The number of aliphatic hydroxyl groups is 1. The van der Waals surface area contributed by atoms with E-state index >= 15 is 0 Å². The lowest BCUT2D eigenvalue weighted by molar-refractivity contribution is 0.00627. The second kappa shape index (κ2) is 5.77. The maximum absolute atomic E-state index is 11.6.